The molecule has 118 valence electrons. The topological polar surface area (TPSA) is 99.8 Å². The van der Waals surface area contributed by atoms with Gasteiger partial charge in [-0.25, -0.2) is 13.2 Å². The monoisotopic (exact) mass is 316 g/mol. The van der Waals surface area contributed by atoms with Crippen molar-refractivity contribution in [2.45, 2.75) is 43.7 Å². The molecule has 2 rings (SSSR count). The number of nitrogens with zero attached hydrogens (tertiary/aromatic N) is 2. The highest BCUT2D eigenvalue weighted by molar-refractivity contribution is 7.89. The number of carboxylic acids is 1. The van der Waals surface area contributed by atoms with Crippen LogP contribution in [0, 0.1) is 0 Å². The zero-order valence-corrected chi connectivity index (χ0v) is 12.7. The van der Waals surface area contributed by atoms with Crippen molar-refractivity contribution in [2.24, 2.45) is 0 Å². The smallest absolute Gasteiger partial charge is 0.352 e. The molecule has 0 spiro atoms. The zero-order chi connectivity index (χ0) is 15.6. The van der Waals surface area contributed by atoms with E-state index in [1.165, 1.54) is 21.1 Å². The van der Waals surface area contributed by atoms with Crippen LogP contribution in [-0.2, 0) is 16.6 Å². The maximum Gasteiger partial charge on any atom is 0.352 e. The van der Waals surface area contributed by atoms with E-state index < -0.39 is 16.0 Å². The van der Waals surface area contributed by atoms with E-state index in [1.54, 1.807) is 0 Å². The Morgan fingerprint density at radius 1 is 1.48 bits per heavy atom. The largest absolute Gasteiger partial charge is 0.477 e. The van der Waals surface area contributed by atoms with Gasteiger partial charge in [-0.1, -0.05) is 6.92 Å². The first-order valence-corrected chi connectivity index (χ1v) is 8.42. The molecule has 1 fully saturated rings. The summed E-state index contributed by atoms with van der Waals surface area (Å²) in [6.07, 6.45) is 3.63. The Bertz CT molecular complexity index is 619. The number of rotatable bonds is 8. The van der Waals surface area contributed by atoms with E-state index in [2.05, 4.69) is 0 Å². The molecular weight excluding hydrogens is 296 g/mol. The van der Waals surface area contributed by atoms with Gasteiger partial charge in [-0.2, -0.15) is 4.31 Å². The Morgan fingerprint density at radius 3 is 2.62 bits per heavy atom. The maximum atomic E-state index is 12.6. The van der Waals surface area contributed by atoms with Crippen LogP contribution in [0.25, 0.3) is 0 Å². The summed E-state index contributed by atoms with van der Waals surface area (Å²) in [6.45, 7) is 2.12. The molecule has 0 unspecified atom stereocenters. The molecule has 8 heteroatoms. The van der Waals surface area contributed by atoms with Crippen LogP contribution in [0.4, 0.5) is 0 Å². The number of aromatic nitrogens is 1. The third-order valence-corrected chi connectivity index (χ3v) is 5.35. The van der Waals surface area contributed by atoms with Crippen LogP contribution in [0.2, 0.25) is 0 Å². The van der Waals surface area contributed by atoms with Crippen LogP contribution in [0.5, 0.6) is 0 Å². The van der Waals surface area contributed by atoms with E-state index in [0.717, 1.165) is 12.8 Å². The minimum Gasteiger partial charge on any atom is -0.477 e. The van der Waals surface area contributed by atoms with Gasteiger partial charge in [-0.3, -0.25) is 0 Å². The quantitative estimate of drug-likeness (QED) is 0.737. The number of aryl methyl sites for hydroxylation is 1. The fraction of sp³-hybridized carbons (Fsp3) is 0.615. The Hall–Kier alpha value is -1.38. The second-order valence-electron chi connectivity index (χ2n) is 5.13. The number of hydrogen-bond donors (Lipinski definition) is 2. The predicted molar refractivity (Wildman–Crippen MR) is 75.7 cm³/mol. The molecule has 1 saturated carbocycles. The van der Waals surface area contributed by atoms with Crippen LogP contribution in [0.1, 0.15) is 36.7 Å². The average molecular weight is 316 g/mol. The van der Waals surface area contributed by atoms with Gasteiger partial charge in [0, 0.05) is 25.3 Å². The van der Waals surface area contributed by atoms with Gasteiger partial charge in [0.2, 0.25) is 10.0 Å². The lowest BCUT2D eigenvalue weighted by Gasteiger charge is -2.19. The zero-order valence-electron chi connectivity index (χ0n) is 11.9. The van der Waals surface area contributed by atoms with E-state index in [0.29, 0.717) is 13.0 Å². The van der Waals surface area contributed by atoms with Gasteiger partial charge in [0.1, 0.15) is 10.6 Å². The van der Waals surface area contributed by atoms with E-state index in [1.807, 2.05) is 6.92 Å². The van der Waals surface area contributed by atoms with Crippen molar-refractivity contribution in [2.75, 3.05) is 13.2 Å². The SMILES string of the molecule is CCCn1cc(S(=O)(=O)N(CCO)C2CC2)cc1C(=O)O. The van der Waals surface area contributed by atoms with Crippen molar-refractivity contribution in [1.29, 1.82) is 0 Å². The van der Waals surface area contributed by atoms with Crippen molar-refractivity contribution >= 4 is 16.0 Å². The number of hydrogen-bond acceptors (Lipinski definition) is 4. The van der Waals surface area contributed by atoms with Crippen molar-refractivity contribution in [3.05, 3.63) is 18.0 Å². The lowest BCUT2D eigenvalue weighted by molar-refractivity contribution is 0.0685. The highest BCUT2D eigenvalue weighted by Gasteiger charge is 2.38. The van der Waals surface area contributed by atoms with Gasteiger partial charge in [-0.05, 0) is 25.3 Å². The minimum atomic E-state index is -3.76. The molecule has 21 heavy (non-hydrogen) atoms. The third-order valence-electron chi connectivity index (χ3n) is 3.44. The molecular formula is C13H20N2O5S. The van der Waals surface area contributed by atoms with E-state index in [-0.39, 0.29) is 29.8 Å². The minimum absolute atomic E-state index is 0.0197. The molecule has 1 aliphatic carbocycles. The molecule has 0 aromatic carbocycles. The molecule has 2 N–H and O–H groups in total. The molecule has 7 nitrogen and oxygen atoms in total. The Morgan fingerprint density at radius 2 is 2.14 bits per heavy atom. The van der Waals surface area contributed by atoms with Gasteiger partial charge in [0.15, 0.2) is 0 Å². The summed E-state index contributed by atoms with van der Waals surface area (Å²) >= 11 is 0. The third kappa shape index (κ3) is 3.28. The molecule has 0 radical (unpaired) electrons. The summed E-state index contributed by atoms with van der Waals surface area (Å²) in [5.74, 6) is -1.15. The summed E-state index contributed by atoms with van der Waals surface area (Å²) in [5.41, 5.74) is -0.0322. The fourth-order valence-electron chi connectivity index (χ4n) is 2.33. The normalized spacial score (nSPS) is 15.6. The average Bonchev–Trinajstić information content (AvgIpc) is 3.15. The van der Waals surface area contributed by atoms with Gasteiger partial charge < -0.3 is 14.8 Å². The fourth-order valence-corrected chi connectivity index (χ4v) is 4.04. The van der Waals surface area contributed by atoms with Crippen LogP contribution in [0.3, 0.4) is 0 Å². The molecule has 0 saturated heterocycles. The second kappa shape index (κ2) is 6.17. The molecule has 1 heterocycles. The summed E-state index contributed by atoms with van der Waals surface area (Å²) < 4.78 is 27.9. The molecule has 1 aliphatic rings. The second-order valence-corrected chi connectivity index (χ2v) is 7.02. The first-order valence-electron chi connectivity index (χ1n) is 6.98. The number of aliphatic hydroxyl groups is 1. The number of aliphatic hydroxyl groups excluding tert-OH is 1. The Kier molecular flexibility index (Phi) is 4.70. The van der Waals surface area contributed by atoms with Crippen LogP contribution in [0.15, 0.2) is 17.2 Å². The van der Waals surface area contributed by atoms with Crippen molar-refractivity contribution in [3.8, 4) is 0 Å². The first-order chi connectivity index (χ1) is 9.91. The number of aromatic carboxylic acids is 1. The molecule has 0 aliphatic heterocycles. The maximum absolute atomic E-state index is 12.6. The van der Waals surface area contributed by atoms with Crippen molar-refractivity contribution < 1.29 is 23.4 Å². The lowest BCUT2D eigenvalue weighted by Crippen LogP contribution is -2.35. The van der Waals surface area contributed by atoms with Gasteiger partial charge in [-0.15, -0.1) is 0 Å². The highest BCUT2D eigenvalue weighted by Crippen LogP contribution is 2.32. The van der Waals surface area contributed by atoms with Crippen LogP contribution >= 0.6 is 0 Å². The van der Waals surface area contributed by atoms with Crippen molar-refractivity contribution in [3.63, 3.8) is 0 Å². The van der Waals surface area contributed by atoms with E-state index in [4.69, 9.17) is 10.2 Å². The Balaban J connectivity index is 2.39. The summed E-state index contributed by atoms with van der Waals surface area (Å²) in [6, 6.07) is 1.12. The van der Waals surface area contributed by atoms with Gasteiger partial charge in [0.25, 0.3) is 0 Å². The molecule has 0 atom stereocenters. The Labute approximate surface area is 123 Å². The van der Waals surface area contributed by atoms with E-state index in [9.17, 15) is 13.2 Å². The van der Waals surface area contributed by atoms with Crippen LogP contribution in [-0.4, -0.2) is 52.7 Å². The molecule has 1 aromatic rings. The summed E-state index contributed by atoms with van der Waals surface area (Å²) in [5, 5.41) is 18.2. The first kappa shape index (κ1) is 16.0. The lowest BCUT2D eigenvalue weighted by atomic mass is 10.4. The molecule has 1 aromatic heterocycles. The summed E-state index contributed by atoms with van der Waals surface area (Å²) in [4.78, 5) is 11.2. The molecule has 0 bridgehead atoms. The number of carbonyl (C=O) groups is 1. The predicted octanol–water partition coefficient (Wildman–Crippen LogP) is 0.742. The summed E-state index contributed by atoms with van der Waals surface area (Å²) in [7, 11) is -3.76. The number of sulfonamides is 1. The van der Waals surface area contributed by atoms with E-state index >= 15 is 0 Å². The van der Waals surface area contributed by atoms with Crippen molar-refractivity contribution in [1.82, 2.24) is 8.87 Å². The molecule has 0 amide bonds. The van der Waals surface area contributed by atoms with Gasteiger partial charge >= 0.3 is 5.97 Å². The number of carboxylic acid groups (broad SMARTS) is 1. The van der Waals surface area contributed by atoms with Gasteiger partial charge in [0.05, 0.1) is 6.61 Å². The van der Waals surface area contributed by atoms with Crippen LogP contribution < -0.4 is 0 Å². The standard InChI is InChI=1S/C13H20N2O5S/c1-2-5-14-9-11(8-12(14)13(17)18)21(19,20)15(6-7-16)10-3-4-10/h8-10,16H,2-7H2,1H3,(H,17,18). The highest BCUT2D eigenvalue weighted by atomic mass is 32.2.